The number of hydrogen-bond acceptors (Lipinski definition) is 3. The second kappa shape index (κ2) is 4.41. The first-order valence-corrected chi connectivity index (χ1v) is 5.29. The van der Waals surface area contributed by atoms with Crippen molar-refractivity contribution in [1.29, 1.82) is 0 Å². The number of anilines is 3. The molecule has 1 heterocycles. The number of benzene rings is 1. The standard InChI is InChI=1S/C13H14FN3/c1-9-7-11(15)8-16-13(9)17(2)12-5-3-10(14)4-6-12/h3-8H,15H2,1-2H3. The van der Waals surface area contributed by atoms with Gasteiger partial charge in [0.05, 0.1) is 11.9 Å². The van der Waals surface area contributed by atoms with E-state index in [2.05, 4.69) is 4.98 Å². The third-order valence-corrected chi connectivity index (χ3v) is 2.60. The van der Waals surface area contributed by atoms with Crippen LogP contribution in [-0.4, -0.2) is 12.0 Å². The average molecular weight is 231 g/mol. The van der Waals surface area contributed by atoms with Gasteiger partial charge in [-0.25, -0.2) is 9.37 Å². The molecule has 0 aliphatic rings. The molecule has 0 radical (unpaired) electrons. The average Bonchev–Trinajstić information content (AvgIpc) is 2.29. The number of rotatable bonds is 2. The molecule has 0 spiro atoms. The molecule has 0 aliphatic heterocycles. The van der Waals surface area contributed by atoms with Gasteiger partial charge in [0.1, 0.15) is 11.6 Å². The van der Waals surface area contributed by atoms with Gasteiger partial charge in [0, 0.05) is 12.7 Å². The van der Waals surface area contributed by atoms with Crippen molar-refractivity contribution in [2.75, 3.05) is 17.7 Å². The van der Waals surface area contributed by atoms with Crippen molar-refractivity contribution >= 4 is 17.2 Å². The zero-order chi connectivity index (χ0) is 12.4. The number of hydrogen-bond donors (Lipinski definition) is 1. The van der Waals surface area contributed by atoms with Crippen molar-refractivity contribution in [3.63, 3.8) is 0 Å². The van der Waals surface area contributed by atoms with E-state index in [-0.39, 0.29) is 5.82 Å². The minimum Gasteiger partial charge on any atom is -0.397 e. The highest BCUT2D eigenvalue weighted by Gasteiger charge is 2.08. The fourth-order valence-corrected chi connectivity index (χ4v) is 1.73. The highest BCUT2D eigenvalue weighted by molar-refractivity contribution is 5.63. The fraction of sp³-hybridized carbons (Fsp3) is 0.154. The van der Waals surface area contributed by atoms with Gasteiger partial charge in [-0.2, -0.15) is 0 Å². The molecule has 0 bridgehead atoms. The van der Waals surface area contributed by atoms with E-state index < -0.39 is 0 Å². The molecule has 2 rings (SSSR count). The zero-order valence-corrected chi connectivity index (χ0v) is 9.81. The molecule has 0 amide bonds. The summed E-state index contributed by atoms with van der Waals surface area (Å²) in [4.78, 5) is 6.18. The summed E-state index contributed by atoms with van der Waals surface area (Å²) in [6, 6.07) is 8.15. The Balaban J connectivity index is 2.36. The lowest BCUT2D eigenvalue weighted by atomic mass is 10.2. The summed E-state index contributed by atoms with van der Waals surface area (Å²) in [6.07, 6.45) is 1.61. The van der Waals surface area contributed by atoms with Gasteiger partial charge in [-0.3, -0.25) is 0 Å². The quantitative estimate of drug-likeness (QED) is 0.864. The number of aryl methyl sites for hydroxylation is 1. The Morgan fingerprint density at radius 1 is 1.24 bits per heavy atom. The summed E-state index contributed by atoms with van der Waals surface area (Å²) in [5, 5.41) is 0. The third-order valence-electron chi connectivity index (χ3n) is 2.60. The van der Waals surface area contributed by atoms with Gasteiger partial charge in [0.15, 0.2) is 0 Å². The van der Waals surface area contributed by atoms with Crippen LogP contribution in [0.1, 0.15) is 5.56 Å². The Bertz CT molecular complexity index is 523. The third kappa shape index (κ3) is 2.36. The molecule has 17 heavy (non-hydrogen) atoms. The number of pyridine rings is 1. The smallest absolute Gasteiger partial charge is 0.135 e. The van der Waals surface area contributed by atoms with Crippen molar-refractivity contribution < 1.29 is 4.39 Å². The molecule has 0 unspecified atom stereocenters. The van der Waals surface area contributed by atoms with Crippen LogP contribution in [0, 0.1) is 12.7 Å². The molecule has 0 saturated carbocycles. The number of aromatic nitrogens is 1. The molecule has 88 valence electrons. The van der Waals surface area contributed by atoms with E-state index in [4.69, 9.17) is 5.73 Å². The monoisotopic (exact) mass is 231 g/mol. The lowest BCUT2D eigenvalue weighted by Crippen LogP contribution is -2.12. The van der Waals surface area contributed by atoms with Crippen LogP contribution in [0.4, 0.5) is 21.6 Å². The second-order valence-corrected chi connectivity index (χ2v) is 3.94. The number of nitrogen functional groups attached to an aromatic ring is 1. The van der Waals surface area contributed by atoms with Crippen LogP contribution in [0.25, 0.3) is 0 Å². The maximum Gasteiger partial charge on any atom is 0.135 e. The molecule has 0 fully saturated rings. The lowest BCUT2D eigenvalue weighted by Gasteiger charge is -2.20. The van der Waals surface area contributed by atoms with E-state index in [1.54, 1.807) is 18.3 Å². The second-order valence-electron chi connectivity index (χ2n) is 3.94. The van der Waals surface area contributed by atoms with Crippen LogP contribution in [0.15, 0.2) is 36.5 Å². The minimum absolute atomic E-state index is 0.246. The zero-order valence-electron chi connectivity index (χ0n) is 9.81. The molecular formula is C13H14FN3. The van der Waals surface area contributed by atoms with E-state index in [9.17, 15) is 4.39 Å². The highest BCUT2D eigenvalue weighted by atomic mass is 19.1. The summed E-state index contributed by atoms with van der Waals surface area (Å²) in [5.74, 6) is 0.565. The van der Waals surface area contributed by atoms with Crippen molar-refractivity contribution in [3.05, 3.63) is 47.9 Å². The molecule has 4 heteroatoms. The van der Waals surface area contributed by atoms with Gasteiger partial charge in [-0.15, -0.1) is 0 Å². The SMILES string of the molecule is Cc1cc(N)cnc1N(C)c1ccc(F)cc1. The van der Waals surface area contributed by atoms with Crippen LogP contribution >= 0.6 is 0 Å². The van der Waals surface area contributed by atoms with E-state index in [1.165, 1.54) is 12.1 Å². The van der Waals surface area contributed by atoms with Gasteiger partial charge in [0.2, 0.25) is 0 Å². The van der Waals surface area contributed by atoms with Gasteiger partial charge in [-0.1, -0.05) is 0 Å². The minimum atomic E-state index is -0.246. The van der Waals surface area contributed by atoms with E-state index in [0.717, 1.165) is 17.1 Å². The van der Waals surface area contributed by atoms with E-state index in [0.29, 0.717) is 5.69 Å². The Kier molecular flexibility index (Phi) is 2.95. The first-order valence-electron chi connectivity index (χ1n) is 5.29. The molecule has 2 aromatic rings. The topological polar surface area (TPSA) is 42.1 Å². The predicted molar refractivity (Wildman–Crippen MR) is 67.8 cm³/mol. The molecule has 2 N–H and O–H groups in total. The summed E-state index contributed by atoms with van der Waals surface area (Å²) in [5.41, 5.74) is 8.16. The Labute approximate surface area is 99.7 Å². The Hall–Kier alpha value is -2.10. The molecule has 0 aliphatic carbocycles. The summed E-state index contributed by atoms with van der Waals surface area (Å²) in [7, 11) is 1.89. The number of nitrogens with zero attached hydrogens (tertiary/aromatic N) is 2. The fourth-order valence-electron chi connectivity index (χ4n) is 1.73. The van der Waals surface area contributed by atoms with Gasteiger partial charge in [0.25, 0.3) is 0 Å². The normalized spacial score (nSPS) is 10.3. The van der Waals surface area contributed by atoms with E-state index in [1.807, 2.05) is 24.9 Å². The van der Waals surface area contributed by atoms with Gasteiger partial charge >= 0.3 is 0 Å². The van der Waals surface area contributed by atoms with Crippen LogP contribution in [0.5, 0.6) is 0 Å². The molecule has 1 aromatic carbocycles. The number of nitrogens with two attached hydrogens (primary N) is 1. The van der Waals surface area contributed by atoms with Crippen LogP contribution < -0.4 is 10.6 Å². The van der Waals surface area contributed by atoms with Crippen LogP contribution in [-0.2, 0) is 0 Å². The predicted octanol–water partition coefficient (Wildman–Crippen LogP) is 2.88. The highest BCUT2D eigenvalue weighted by Crippen LogP contribution is 2.25. The largest absolute Gasteiger partial charge is 0.397 e. The van der Waals surface area contributed by atoms with Crippen LogP contribution in [0.3, 0.4) is 0 Å². The van der Waals surface area contributed by atoms with Crippen molar-refractivity contribution in [1.82, 2.24) is 4.98 Å². The molecule has 0 saturated heterocycles. The first-order chi connectivity index (χ1) is 8.08. The summed E-state index contributed by atoms with van der Waals surface area (Å²) >= 11 is 0. The molecule has 3 nitrogen and oxygen atoms in total. The maximum atomic E-state index is 12.8. The summed E-state index contributed by atoms with van der Waals surface area (Å²) < 4.78 is 12.8. The van der Waals surface area contributed by atoms with Gasteiger partial charge < -0.3 is 10.6 Å². The van der Waals surface area contributed by atoms with E-state index >= 15 is 0 Å². The molecule has 0 atom stereocenters. The van der Waals surface area contributed by atoms with Crippen LogP contribution in [0.2, 0.25) is 0 Å². The van der Waals surface area contributed by atoms with Crippen molar-refractivity contribution in [3.8, 4) is 0 Å². The molecule has 1 aromatic heterocycles. The van der Waals surface area contributed by atoms with Gasteiger partial charge in [-0.05, 0) is 42.8 Å². The molecular weight excluding hydrogens is 217 g/mol. The van der Waals surface area contributed by atoms with Crippen molar-refractivity contribution in [2.24, 2.45) is 0 Å². The Morgan fingerprint density at radius 3 is 2.47 bits per heavy atom. The lowest BCUT2D eigenvalue weighted by molar-refractivity contribution is 0.628. The van der Waals surface area contributed by atoms with Crippen molar-refractivity contribution in [2.45, 2.75) is 6.92 Å². The number of halogens is 1. The summed E-state index contributed by atoms with van der Waals surface area (Å²) in [6.45, 7) is 1.94. The maximum absolute atomic E-state index is 12.8. The Morgan fingerprint density at radius 2 is 1.88 bits per heavy atom. The first kappa shape index (κ1) is 11.4.